The van der Waals surface area contributed by atoms with E-state index in [9.17, 15) is 8.42 Å². The average molecular weight is 321 g/mol. The monoisotopic (exact) mass is 321 g/mol. The van der Waals surface area contributed by atoms with E-state index in [0.717, 1.165) is 10.6 Å². The van der Waals surface area contributed by atoms with Gasteiger partial charge in [0.25, 0.3) is 0 Å². The van der Waals surface area contributed by atoms with Crippen LogP contribution in [0, 0.1) is 11.3 Å². The van der Waals surface area contributed by atoms with Crippen LogP contribution in [0.1, 0.15) is 19.0 Å². The van der Waals surface area contributed by atoms with Crippen molar-refractivity contribution in [2.45, 2.75) is 25.1 Å². The van der Waals surface area contributed by atoms with Crippen LogP contribution in [-0.4, -0.2) is 18.7 Å². The third-order valence-corrected chi connectivity index (χ3v) is 5.59. The van der Waals surface area contributed by atoms with E-state index in [2.05, 4.69) is 9.71 Å². The van der Waals surface area contributed by atoms with Crippen LogP contribution in [0.5, 0.6) is 0 Å². The summed E-state index contributed by atoms with van der Waals surface area (Å²) in [6.07, 6.45) is 0.262. The zero-order valence-corrected chi connectivity index (χ0v) is 13.1. The van der Waals surface area contributed by atoms with Crippen molar-refractivity contribution in [3.8, 4) is 16.6 Å². The summed E-state index contributed by atoms with van der Waals surface area (Å²) in [5.74, 6) is 0. The minimum Gasteiger partial charge on any atom is -0.240 e. The fourth-order valence-electron chi connectivity index (χ4n) is 1.76. The Bertz CT molecular complexity index is 733. The van der Waals surface area contributed by atoms with E-state index in [4.69, 9.17) is 5.26 Å². The van der Waals surface area contributed by atoms with Gasteiger partial charge in [0.1, 0.15) is 5.01 Å². The van der Waals surface area contributed by atoms with Crippen LogP contribution < -0.4 is 4.72 Å². The van der Waals surface area contributed by atoms with E-state index in [0.29, 0.717) is 5.69 Å². The smallest absolute Gasteiger partial charge is 0.228 e. The number of nitriles is 1. The molecule has 21 heavy (non-hydrogen) atoms. The number of benzene rings is 1. The number of nitrogens with zero attached hydrogens (tertiary/aromatic N) is 2. The minimum atomic E-state index is -3.62. The molecular formula is C14H15N3O2S2. The summed E-state index contributed by atoms with van der Waals surface area (Å²) in [6, 6.07) is 11.5. The second-order valence-electron chi connectivity index (χ2n) is 4.40. The molecule has 2 rings (SSSR count). The van der Waals surface area contributed by atoms with Crippen LogP contribution in [0.3, 0.4) is 0 Å². The molecule has 0 radical (unpaired) electrons. The number of rotatable bonds is 6. The van der Waals surface area contributed by atoms with Crippen molar-refractivity contribution in [2.75, 3.05) is 0 Å². The molecule has 0 unspecified atom stereocenters. The van der Waals surface area contributed by atoms with E-state index >= 15 is 0 Å². The molecule has 110 valence electrons. The highest BCUT2D eigenvalue weighted by atomic mass is 32.2. The molecule has 1 heterocycles. The van der Waals surface area contributed by atoms with Crippen molar-refractivity contribution in [3.63, 3.8) is 0 Å². The van der Waals surface area contributed by atoms with Gasteiger partial charge in [-0.3, -0.25) is 0 Å². The lowest BCUT2D eigenvalue weighted by atomic mass is 10.2. The third-order valence-electron chi connectivity index (χ3n) is 2.92. The van der Waals surface area contributed by atoms with E-state index in [-0.39, 0.29) is 13.0 Å². The van der Waals surface area contributed by atoms with Gasteiger partial charge in [0.2, 0.25) is 10.0 Å². The van der Waals surface area contributed by atoms with Crippen LogP contribution in [0.2, 0.25) is 0 Å². The maximum atomic E-state index is 11.9. The first kappa shape index (κ1) is 15.6. The first-order valence-electron chi connectivity index (χ1n) is 6.44. The van der Waals surface area contributed by atoms with Crippen molar-refractivity contribution in [2.24, 2.45) is 0 Å². The van der Waals surface area contributed by atoms with Gasteiger partial charge in [-0.15, -0.1) is 11.3 Å². The average Bonchev–Trinajstić information content (AvgIpc) is 2.96. The Hall–Kier alpha value is -1.75. The second kappa shape index (κ2) is 6.80. The highest BCUT2D eigenvalue weighted by Crippen LogP contribution is 2.23. The van der Waals surface area contributed by atoms with Crippen molar-refractivity contribution in [1.82, 2.24) is 9.71 Å². The van der Waals surface area contributed by atoms with Crippen LogP contribution >= 0.6 is 11.3 Å². The Morgan fingerprint density at radius 1 is 1.38 bits per heavy atom. The number of aromatic nitrogens is 1. The van der Waals surface area contributed by atoms with Gasteiger partial charge in [0.05, 0.1) is 18.3 Å². The topological polar surface area (TPSA) is 82.8 Å². The lowest BCUT2D eigenvalue weighted by Crippen LogP contribution is -2.32. The molecule has 1 atom stereocenters. The zero-order chi connectivity index (χ0) is 15.3. The molecule has 0 amide bonds. The summed E-state index contributed by atoms with van der Waals surface area (Å²) in [4.78, 5) is 4.40. The molecule has 0 saturated carbocycles. The minimum absolute atomic E-state index is 0.101. The largest absolute Gasteiger partial charge is 0.240 e. The Kier molecular flexibility index (Phi) is 5.07. The molecule has 0 fully saturated rings. The Balaban J connectivity index is 2.06. The van der Waals surface area contributed by atoms with Crippen LogP contribution in [-0.2, 0) is 16.6 Å². The SMILES string of the molecule is CC[C@H](C#N)S(=O)(=O)NCc1csc(-c2ccccc2)n1. The van der Waals surface area contributed by atoms with Crippen LogP contribution in [0.25, 0.3) is 10.6 Å². The van der Waals surface area contributed by atoms with Gasteiger partial charge in [-0.2, -0.15) is 5.26 Å². The highest BCUT2D eigenvalue weighted by molar-refractivity contribution is 7.90. The van der Waals surface area contributed by atoms with Crippen molar-refractivity contribution >= 4 is 21.4 Å². The molecule has 1 aromatic heterocycles. The predicted molar refractivity (Wildman–Crippen MR) is 83.0 cm³/mol. The molecule has 0 bridgehead atoms. The molecule has 5 nitrogen and oxygen atoms in total. The second-order valence-corrected chi connectivity index (χ2v) is 7.21. The first-order chi connectivity index (χ1) is 10.1. The Labute approximate surface area is 128 Å². The fraction of sp³-hybridized carbons (Fsp3) is 0.286. The van der Waals surface area contributed by atoms with E-state index in [1.807, 2.05) is 35.7 Å². The van der Waals surface area contributed by atoms with Gasteiger partial charge in [-0.25, -0.2) is 18.1 Å². The van der Waals surface area contributed by atoms with Crippen LogP contribution in [0.15, 0.2) is 35.7 Å². The molecule has 0 spiro atoms. The quantitative estimate of drug-likeness (QED) is 0.886. The summed E-state index contributed by atoms with van der Waals surface area (Å²) in [6.45, 7) is 1.77. The van der Waals surface area contributed by atoms with Crippen molar-refractivity contribution in [3.05, 3.63) is 41.4 Å². The molecule has 2 aromatic rings. The number of sulfonamides is 1. The Morgan fingerprint density at radius 3 is 2.71 bits per heavy atom. The number of hydrogen-bond acceptors (Lipinski definition) is 5. The van der Waals surface area contributed by atoms with E-state index < -0.39 is 15.3 Å². The van der Waals surface area contributed by atoms with Gasteiger partial charge >= 0.3 is 0 Å². The molecule has 0 aliphatic rings. The van der Waals surface area contributed by atoms with E-state index in [1.165, 1.54) is 11.3 Å². The van der Waals surface area contributed by atoms with Gasteiger partial charge in [0, 0.05) is 10.9 Å². The van der Waals surface area contributed by atoms with E-state index in [1.54, 1.807) is 13.0 Å². The zero-order valence-electron chi connectivity index (χ0n) is 11.5. The normalized spacial score (nSPS) is 12.8. The van der Waals surface area contributed by atoms with Gasteiger partial charge in [0.15, 0.2) is 5.25 Å². The molecule has 7 heteroatoms. The molecule has 0 aliphatic carbocycles. The maximum absolute atomic E-state index is 11.9. The summed E-state index contributed by atoms with van der Waals surface area (Å²) < 4.78 is 26.2. The number of thiazole rings is 1. The third kappa shape index (κ3) is 3.88. The fourth-order valence-corrected chi connectivity index (χ4v) is 3.71. The standard InChI is InChI=1S/C14H15N3O2S2/c1-2-13(8-15)21(18,19)16-9-12-10-20-14(17-12)11-6-4-3-5-7-11/h3-7,10,13,16H,2,9H2,1H3/t13-/m1/s1. The molecule has 0 aliphatic heterocycles. The number of nitrogens with one attached hydrogen (secondary N) is 1. The molecule has 0 saturated heterocycles. The predicted octanol–water partition coefficient (Wildman–Crippen LogP) is 2.53. The van der Waals surface area contributed by atoms with Gasteiger partial charge in [-0.1, -0.05) is 37.3 Å². The van der Waals surface area contributed by atoms with Gasteiger partial charge in [-0.05, 0) is 6.42 Å². The summed E-state index contributed by atoms with van der Waals surface area (Å²) in [5, 5.41) is 10.5. The first-order valence-corrected chi connectivity index (χ1v) is 8.87. The summed E-state index contributed by atoms with van der Waals surface area (Å²) >= 11 is 1.46. The lowest BCUT2D eigenvalue weighted by Gasteiger charge is -2.08. The maximum Gasteiger partial charge on any atom is 0.228 e. The highest BCUT2D eigenvalue weighted by Gasteiger charge is 2.23. The van der Waals surface area contributed by atoms with Gasteiger partial charge < -0.3 is 0 Å². The van der Waals surface area contributed by atoms with Crippen LogP contribution in [0.4, 0.5) is 0 Å². The Morgan fingerprint density at radius 2 is 2.10 bits per heavy atom. The van der Waals surface area contributed by atoms with Crippen molar-refractivity contribution in [1.29, 1.82) is 5.26 Å². The summed E-state index contributed by atoms with van der Waals surface area (Å²) in [7, 11) is -3.62. The molecular weight excluding hydrogens is 306 g/mol. The summed E-state index contributed by atoms with van der Waals surface area (Å²) in [5.41, 5.74) is 1.65. The lowest BCUT2D eigenvalue weighted by molar-refractivity contribution is 0.571. The molecule has 1 aromatic carbocycles. The molecule has 1 N–H and O–H groups in total. The van der Waals surface area contributed by atoms with Crippen molar-refractivity contribution < 1.29 is 8.42 Å². The number of hydrogen-bond donors (Lipinski definition) is 1.